The average Bonchev–Trinajstić information content (AvgIpc) is 2.50. The first-order valence-corrected chi connectivity index (χ1v) is 8.37. The smallest absolute Gasteiger partial charge is 0.0318 e. The van der Waals surface area contributed by atoms with Crippen molar-refractivity contribution in [2.24, 2.45) is 0 Å². The first-order chi connectivity index (χ1) is 9.88. The fourth-order valence-electron chi connectivity index (χ4n) is 2.50. The van der Waals surface area contributed by atoms with Crippen LogP contribution in [0.2, 0.25) is 0 Å². The van der Waals surface area contributed by atoms with Gasteiger partial charge in [-0.1, -0.05) is 69.9 Å². The third-order valence-electron chi connectivity index (χ3n) is 3.76. The van der Waals surface area contributed by atoms with Gasteiger partial charge in [-0.25, -0.2) is 0 Å². The van der Waals surface area contributed by atoms with Gasteiger partial charge in [0, 0.05) is 19.1 Å². The maximum Gasteiger partial charge on any atom is 0.0318 e. The van der Waals surface area contributed by atoms with E-state index in [1.165, 1.54) is 37.7 Å². The molecule has 1 rings (SSSR count). The Hall–Kier alpha value is -0.860. The molecular formula is C18H32N2. The number of benzene rings is 1. The Bertz CT molecular complexity index is 310. The fourth-order valence-corrected chi connectivity index (χ4v) is 2.50. The molecule has 0 aliphatic rings. The van der Waals surface area contributed by atoms with Crippen molar-refractivity contribution in [3.8, 4) is 0 Å². The summed E-state index contributed by atoms with van der Waals surface area (Å²) in [7, 11) is 0. The summed E-state index contributed by atoms with van der Waals surface area (Å²) >= 11 is 0. The molecule has 1 aromatic carbocycles. The molecule has 0 fully saturated rings. The van der Waals surface area contributed by atoms with Crippen molar-refractivity contribution in [2.75, 3.05) is 19.6 Å². The van der Waals surface area contributed by atoms with Crippen LogP contribution in [0.4, 0.5) is 0 Å². The van der Waals surface area contributed by atoms with Gasteiger partial charge < -0.3 is 10.6 Å². The summed E-state index contributed by atoms with van der Waals surface area (Å²) in [5, 5.41) is 7.17. The lowest BCUT2D eigenvalue weighted by Crippen LogP contribution is -2.30. The molecule has 0 saturated heterocycles. The van der Waals surface area contributed by atoms with E-state index < -0.39 is 0 Å². The van der Waals surface area contributed by atoms with Gasteiger partial charge in [-0.3, -0.25) is 0 Å². The zero-order chi connectivity index (χ0) is 14.5. The molecule has 0 heterocycles. The van der Waals surface area contributed by atoms with E-state index in [-0.39, 0.29) is 0 Å². The highest BCUT2D eigenvalue weighted by molar-refractivity contribution is 5.18. The van der Waals surface area contributed by atoms with Crippen LogP contribution in [-0.2, 0) is 0 Å². The summed E-state index contributed by atoms with van der Waals surface area (Å²) in [4.78, 5) is 0. The Morgan fingerprint density at radius 2 is 1.60 bits per heavy atom. The number of nitrogens with one attached hydrogen (secondary N) is 2. The van der Waals surface area contributed by atoms with Crippen LogP contribution in [0, 0.1) is 0 Å². The molecule has 2 N–H and O–H groups in total. The molecule has 1 aromatic rings. The standard InChI is InChI=1S/C18H32N2/c1-3-5-6-7-11-14-19-15-16-20-18(4-2)17-12-9-8-10-13-17/h8-10,12-13,18-20H,3-7,11,14-16H2,1-2H3. The Labute approximate surface area is 125 Å². The van der Waals surface area contributed by atoms with Gasteiger partial charge in [0.05, 0.1) is 0 Å². The predicted molar refractivity (Wildman–Crippen MR) is 89.1 cm³/mol. The van der Waals surface area contributed by atoms with E-state index in [9.17, 15) is 0 Å². The lowest BCUT2D eigenvalue weighted by Gasteiger charge is -2.17. The molecule has 2 nitrogen and oxygen atoms in total. The zero-order valence-electron chi connectivity index (χ0n) is 13.3. The molecule has 0 aliphatic heterocycles. The second-order valence-corrected chi connectivity index (χ2v) is 5.49. The molecule has 0 bridgehead atoms. The highest BCUT2D eigenvalue weighted by Gasteiger charge is 2.06. The van der Waals surface area contributed by atoms with Gasteiger partial charge in [0.15, 0.2) is 0 Å². The Kier molecular flexibility index (Phi) is 10.3. The van der Waals surface area contributed by atoms with Crippen LogP contribution in [-0.4, -0.2) is 19.6 Å². The van der Waals surface area contributed by atoms with Crippen molar-refractivity contribution in [3.05, 3.63) is 35.9 Å². The monoisotopic (exact) mass is 276 g/mol. The maximum atomic E-state index is 3.63. The van der Waals surface area contributed by atoms with Gasteiger partial charge in [0.2, 0.25) is 0 Å². The SMILES string of the molecule is CCCCCCCNCCNC(CC)c1ccccc1. The quantitative estimate of drug-likeness (QED) is 0.557. The van der Waals surface area contributed by atoms with Crippen LogP contribution in [0.15, 0.2) is 30.3 Å². The average molecular weight is 276 g/mol. The fraction of sp³-hybridized carbons (Fsp3) is 0.667. The third kappa shape index (κ3) is 7.66. The van der Waals surface area contributed by atoms with Crippen molar-refractivity contribution >= 4 is 0 Å². The largest absolute Gasteiger partial charge is 0.315 e. The van der Waals surface area contributed by atoms with Gasteiger partial charge in [-0.2, -0.15) is 0 Å². The topological polar surface area (TPSA) is 24.1 Å². The first-order valence-electron chi connectivity index (χ1n) is 8.37. The molecule has 0 aliphatic carbocycles. The van der Waals surface area contributed by atoms with Crippen molar-refractivity contribution in [1.29, 1.82) is 0 Å². The van der Waals surface area contributed by atoms with E-state index in [0.717, 1.165) is 26.1 Å². The lowest BCUT2D eigenvalue weighted by atomic mass is 10.0. The van der Waals surface area contributed by atoms with Gasteiger partial charge in [-0.05, 0) is 24.9 Å². The normalized spacial score (nSPS) is 12.5. The minimum atomic E-state index is 0.488. The minimum Gasteiger partial charge on any atom is -0.315 e. The van der Waals surface area contributed by atoms with E-state index in [1.54, 1.807) is 0 Å². The Morgan fingerprint density at radius 3 is 2.30 bits per heavy atom. The van der Waals surface area contributed by atoms with E-state index >= 15 is 0 Å². The van der Waals surface area contributed by atoms with E-state index in [2.05, 4.69) is 54.8 Å². The highest BCUT2D eigenvalue weighted by atomic mass is 15.0. The number of hydrogen-bond acceptors (Lipinski definition) is 2. The van der Waals surface area contributed by atoms with Gasteiger partial charge in [-0.15, -0.1) is 0 Å². The molecule has 20 heavy (non-hydrogen) atoms. The molecule has 1 atom stereocenters. The zero-order valence-corrected chi connectivity index (χ0v) is 13.3. The van der Waals surface area contributed by atoms with Crippen LogP contribution >= 0.6 is 0 Å². The Morgan fingerprint density at radius 1 is 0.850 bits per heavy atom. The highest BCUT2D eigenvalue weighted by Crippen LogP contribution is 2.15. The van der Waals surface area contributed by atoms with E-state index in [1.807, 2.05) is 0 Å². The van der Waals surface area contributed by atoms with E-state index in [0.29, 0.717) is 6.04 Å². The van der Waals surface area contributed by atoms with Gasteiger partial charge in [0.1, 0.15) is 0 Å². The predicted octanol–water partition coefficient (Wildman–Crippen LogP) is 4.29. The molecule has 1 unspecified atom stereocenters. The van der Waals surface area contributed by atoms with Crippen molar-refractivity contribution in [1.82, 2.24) is 10.6 Å². The number of unbranched alkanes of at least 4 members (excludes halogenated alkanes) is 4. The summed E-state index contributed by atoms with van der Waals surface area (Å²) < 4.78 is 0. The first kappa shape index (κ1) is 17.2. The molecule has 0 spiro atoms. The van der Waals surface area contributed by atoms with E-state index in [4.69, 9.17) is 0 Å². The Balaban J connectivity index is 2.02. The molecule has 0 aromatic heterocycles. The van der Waals surface area contributed by atoms with Crippen LogP contribution in [0.1, 0.15) is 64.0 Å². The van der Waals surface area contributed by atoms with Gasteiger partial charge in [0.25, 0.3) is 0 Å². The van der Waals surface area contributed by atoms with Crippen LogP contribution in [0.25, 0.3) is 0 Å². The lowest BCUT2D eigenvalue weighted by molar-refractivity contribution is 0.498. The second-order valence-electron chi connectivity index (χ2n) is 5.49. The molecular weight excluding hydrogens is 244 g/mol. The summed E-state index contributed by atoms with van der Waals surface area (Å²) in [6, 6.07) is 11.2. The summed E-state index contributed by atoms with van der Waals surface area (Å²) in [5.74, 6) is 0. The second kappa shape index (κ2) is 11.9. The van der Waals surface area contributed by atoms with Crippen molar-refractivity contribution in [3.63, 3.8) is 0 Å². The van der Waals surface area contributed by atoms with Gasteiger partial charge >= 0.3 is 0 Å². The maximum absolute atomic E-state index is 3.63. The summed E-state index contributed by atoms with van der Waals surface area (Å²) in [6.07, 6.45) is 7.93. The molecule has 0 saturated carbocycles. The van der Waals surface area contributed by atoms with Crippen LogP contribution in [0.5, 0.6) is 0 Å². The van der Waals surface area contributed by atoms with Crippen LogP contribution in [0.3, 0.4) is 0 Å². The number of rotatable bonds is 12. The molecule has 2 heteroatoms. The number of hydrogen-bond donors (Lipinski definition) is 2. The van der Waals surface area contributed by atoms with Crippen LogP contribution < -0.4 is 10.6 Å². The summed E-state index contributed by atoms with van der Waals surface area (Å²) in [5.41, 5.74) is 1.40. The molecule has 0 amide bonds. The van der Waals surface area contributed by atoms with Crippen molar-refractivity contribution < 1.29 is 0 Å². The third-order valence-corrected chi connectivity index (χ3v) is 3.76. The summed E-state index contributed by atoms with van der Waals surface area (Å²) in [6.45, 7) is 7.78. The van der Waals surface area contributed by atoms with Crippen molar-refractivity contribution in [2.45, 2.75) is 58.4 Å². The minimum absolute atomic E-state index is 0.488. The molecule has 114 valence electrons. The molecule has 0 radical (unpaired) electrons.